The first kappa shape index (κ1) is 26.0. The SMILES string of the molecule is CC(C)(C)c1ccc(O)c(N)c1.Cc1ccc(O)c(N)c1.Nc1c(O)cccc1C(=O)O. The van der Waals surface area contributed by atoms with Crippen molar-refractivity contribution in [2.75, 3.05) is 17.2 Å². The van der Waals surface area contributed by atoms with Gasteiger partial charge in [0.05, 0.1) is 22.6 Å². The fourth-order valence-electron chi connectivity index (χ4n) is 2.43. The van der Waals surface area contributed by atoms with E-state index in [0.29, 0.717) is 11.4 Å². The number of nitrogen functional groups attached to an aromatic ring is 3. The fraction of sp³-hybridized carbons (Fsp3) is 0.208. The maximum absolute atomic E-state index is 10.4. The number of carboxylic acids is 1. The van der Waals surface area contributed by atoms with Gasteiger partial charge in [-0.2, -0.15) is 0 Å². The van der Waals surface area contributed by atoms with Gasteiger partial charge in [0, 0.05) is 0 Å². The third kappa shape index (κ3) is 7.64. The van der Waals surface area contributed by atoms with Crippen LogP contribution in [0.2, 0.25) is 0 Å². The van der Waals surface area contributed by atoms with Gasteiger partial charge in [-0.15, -0.1) is 0 Å². The Morgan fingerprint density at radius 2 is 1.31 bits per heavy atom. The van der Waals surface area contributed by atoms with Crippen LogP contribution in [0.5, 0.6) is 17.2 Å². The van der Waals surface area contributed by atoms with Crippen LogP contribution >= 0.6 is 0 Å². The average Bonchev–Trinajstić information content (AvgIpc) is 2.69. The van der Waals surface area contributed by atoms with Gasteiger partial charge in [-0.05, 0) is 59.9 Å². The number of nitrogens with two attached hydrogens (primary N) is 3. The first-order valence-electron chi connectivity index (χ1n) is 9.68. The van der Waals surface area contributed by atoms with Crippen molar-refractivity contribution >= 4 is 23.0 Å². The fourth-order valence-corrected chi connectivity index (χ4v) is 2.43. The second-order valence-electron chi connectivity index (χ2n) is 8.13. The molecule has 0 radical (unpaired) electrons. The molecule has 0 aromatic heterocycles. The summed E-state index contributed by atoms with van der Waals surface area (Å²) in [6, 6.07) is 14.6. The second-order valence-corrected chi connectivity index (χ2v) is 8.13. The Morgan fingerprint density at radius 3 is 1.72 bits per heavy atom. The third-order valence-corrected chi connectivity index (χ3v) is 4.39. The standard InChI is InChI=1S/C10H15NO.C7H7NO3.C7H9NO/c1-10(2,3)7-4-5-9(12)8(11)6-7;8-6-4(7(10)11)2-1-3-5(6)9;1-5-2-3-7(9)6(8)4-5/h4-6,12H,11H2,1-3H3;1-3,9H,8H2,(H,10,11);2-4,9H,8H2,1H3. The first-order chi connectivity index (χ1) is 14.7. The van der Waals surface area contributed by atoms with Crippen LogP contribution in [0.1, 0.15) is 42.3 Å². The third-order valence-electron chi connectivity index (χ3n) is 4.39. The highest BCUT2D eigenvalue weighted by atomic mass is 16.4. The Labute approximate surface area is 187 Å². The summed E-state index contributed by atoms with van der Waals surface area (Å²) in [7, 11) is 0. The number of benzene rings is 3. The maximum atomic E-state index is 10.4. The molecule has 0 unspecified atom stereocenters. The predicted octanol–water partition coefficient (Wildman–Crippen LogP) is 4.23. The van der Waals surface area contributed by atoms with Crippen molar-refractivity contribution in [3.63, 3.8) is 0 Å². The summed E-state index contributed by atoms with van der Waals surface area (Å²) in [5.41, 5.74) is 19.2. The van der Waals surface area contributed by atoms with E-state index in [4.69, 9.17) is 32.5 Å². The van der Waals surface area contributed by atoms with Crippen LogP contribution in [0.15, 0.2) is 54.6 Å². The number of hydrogen-bond donors (Lipinski definition) is 7. The summed E-state index contributed by atoms with van der Waals surface area (Å²) >= 11 is 0. The molecule has 0 spiro atoms. The molecule has 10 N–H and O–H groups in total. The normalized spacial score (nSPS) is 10.2. The number of phenols is 3. The Bertz CT molecular complexity index is 1080. The van der Waals surface area contributed by atoms with E-state index < -0.39 is 5.97 Å². The van der Waals surface area contributed by atoms with Crippen molar-refractivity contribution in [1.29, 1.82) is 0 Å². The number of carboxylic acid groups (broad SMARTS) is 1. The molecule has 0 fully saturated rings. The summed E-state index contributed by atoms with van der Waals surface area (Å²) in [5, 5.41) is 35.6. The minimum Gasteiger partial charge on any atom is -0.506 e. The number of anilines is 3. The zero-order valence-electron chi connectivity index (χ0n) is 18.6. The van der Waals surface area contributed by atoms with Gasteiger partial charge in [0.25, 0.3) is 0 Å². The number of aromatic carboxylic acids is 1. The molecule has 32 heavy (non-hydrogen) atoms. The molecule has 0 bridgehead atoms. The molecule has 0 saturated heterocycles. The molecule has 0 amide bonds. The lowest BCUT2D eigenvalue weighted by atomic mass is 9.87. The maximum Gasteiger partial charge on any atom is 0.337 e. The van der Waals surface area contributed by atoms with E-state index in [1.54, 1.807) is 18.2 Å². The van der Waals surface area contributed by atoms with Crippen molar-refractivity contribution in [2.24, 2.45) is 0 Å². The number of rotatable bonds is 1. The van der Waals surface area contributed by atoms with Crippen LogP contribution in [0, 0.1) is 6.92 Å². The van der Waals surface area contributed by atoms with Crippen molar-refractivity contribution < 1.29 is 25.2 Å². The molecule has 8 nitrogen and oxygen atoms in total. The van der Waals surface area contributed by atoms with Gasteiger partial charge < -0.3 is 37.6 Å². The Morgan fingerprint density at radius 1 is 0.781 bits per heavy atom. The highest BCUT2D eigenvalue weighted by Crippen LogP contribution is 2.28. The van der Waals surface area contributed by atoms with Crippen molar-refractivity contribution in [3.8, 4) is 17.2 Å². The lowest BCUT2D eigenvalue weighted by molar-refractivity contribution is 0.0697. The highest BCUT2D eigenvalue weighted by molar-refractivity contribution is 5.95. The Balaban J connectivity index is 0.000000242. The van der Waals surface area contributed by atoms with Crippen molar-refractivity contribution in [3.05, 3.63) is 71.3 Å². The van der Waals surface area contributed by atoms with E-state index in [1.165, 1.54) is 18.2 Å². The molecule has 0 atom stereocenters. The largest absolute Gasteiger partial charge is 0.506 e. The average molecular weight is 442 g/mol. The minimum atomic E-state index is -1.14. The molecule has 0 saturated carbocycles. The quantitative estimate of drug-likeness (QED) is 0.217. The molecular formula is C24H31N3O5. The van der Waals surface area contributed by atoms with E-state index in [1.807, 2.05) is 25.1 Å². The van der Waals surface area contributed by atoms with Gasteiger partial charge in [-0.25, -0.2) is 4.79 Å². The molecule has 0 aliphatic carbocycles. The molecule has 3 aromatic rings. The van der Waals surface area contributed by atoms with E-state index >= 15 is 0 Å². The summed E-state index contributed by atoms with van der Waals surface area (Å²) in [6.45, 7) is 8.26. The highest BCUT2D eigenvalue weighted by Gasteiger charge is 2.14. The molecule has 0 aliphatic heterocycles. The van der Waals surface area contributed by atoms with Gasteiger partial charge in [0.2, 0.25) is 0 Å². The summed E-state index contributed by atoms with van der Waals surface area (Å²) < 4.78 is 0. The molecule has 8 heteroatoms. The van der Waals surface area contributed by atoms with E-state index in [2.05, 4.69) is 20.8 Å². The number of aromatic hydroxyl groups is 3. The zero-order chi connectivity index (χ0) is 24.6. The lowest BCUT2D eigenvalue weighted by Gasteiger charge is -2.19. The van der Waals surface area contributed by atoms with Crippen molar-refractivity contribution in [1.82, 2.24) is 0 Å². The van der Waals surface area contributed by atoms with Crippen molar-refractivity contribution in [2.45, 2.75) is 33.1 Å². The molecule has 0 heterocycles. The van der Waals surface area contributed by atoms with E-state index in [9.17, 15) is 9.90 Å². The van der Waals surface area contributed by atoms with Crippen LogP contribution in [0.3, 0.4) is 0 Å². The molecule has 0 aliphatic rings. The molecule has 172 valence electrons. The number of hydrogen-bond acceptors (Lipinski definition) is 7. The second kappa shape index (κ2) is 10.8. The summed E-state index contributed by atoms with van der Waals surface area (Å²) in [4.78, 5) is 10.4. The number of phenolic OH excluding ortho intramolecular Hbond substituents is 3. The smallest absolute Gasteiger partial charge is 0.337 e. The molecular weight excluding hydrogens is 410 g/mol. The number of aryl methyl sites for hydroxylation is 1. The Kier molecular flexibility index (Phi) is 8.77. The summed E-state index contributed by atoms with van der Waals surface area (Å²) in [5.74, 6) is -1.04. The van der Waals surface area contributed by atoms with Gasteiger partial charge in [-0.1, -0.05) is 39.0 Å². The zero-order valence-corrected chi connectivity index (χ0v) is 18.6. The topological polar surface area (TPSA) is 176 Å². The van der Waals surface area contributed by atoms with E-state index in [-0.39, 0.29) is 33.9 Å². The van der Waals surface area contributed by atoms with Gasteiger partial charge in [-0.3, -0.25) is 0 Å². The predicted molar refractivity (Wildman–Crippen MR) is 128 cm³/mol. The van der Waals surface area contributed by atoms with Crippen LogP contribution in [-0.2, 0) is 5.41 Å². The number of para-hydroxylation sites is 1. The van der Waals surface area contributed by atoms with Gasteiger partial charge in [0.15, 0.2) is 0 Å². The van der Waals surface area contributed by atoms with E-state index in [0.717, 1.165) is 11.1 Å². The Hall–Kier alpha value is -4.07. The summed E-state index contributed by atoms with van der Waals surface area (Å²) in [6.07, 6.45) is 0. The molecule has 3 rings (SSSR count). The van der Waals surface area contributed by atoms with Gasteiger partial charge in [0.1, 0.15) is 17.2 Å². The van der Waals surface area contributed by atoms with Gasteiger partial charge >= 0.3 is 5.97 Å². The van der Waals surface area contributed by atoms with Crippen LogP contribution in [0.25, 0.3) is 0 Å². The van der Waals surface area contributed by atoms with Crippen LogP contribution in [0.4, 0.5) is 17.1 Å². The first-order valence-corrected chi connectivity index (χ1v) is 9.68. The van der Waals surface area contributed by atoms with Crippen LogP contribution in [-0.4, -0.2) is 26.4 Å². The monoisotopic (exact) mass is 441 g/mol. The minimum absolute atomic E-state index is 0.0787. The lowest BCUT2D eigenvalue weighted by Crippen LogP contribution is -2.11. The number of carbonyl (C=O) groups is 1. The molecule has 3 aromatic carbocycles. The van der Waals surface area contributed by atoms with Crippen LogP contribution < -0.4 is 17.2 Å².